The number of nitrogens with one attached hydrogen (secondary N) is 1. The summed E-state index contributed by atoms with van der Waals surface area (Å²) < 4.78 is 103. The molecule has 0 aliphatic carbocycles. The van der Waals surface area contributed by atoms with Crippen LogP contribution in [0, 0.1) is 0 Å². The Labute approximate surface area is 391 Å². The standard InChI is InChI=1S/C47H32N8O11S3/c48-29-8-4-27(5-9-29)47(57)49-30-11-14-34-28(22-30)7-17-44(46(34)56)55-54-43-21-19-41(36-16-13-33(25-39(36)43)68(61,62)63)52-53-42-20-18-40(35-15-12-32(24-38(35)42)67(58,59)60)51-50-31-10-6-26-2-1-3-45(37(26)23-31)69(64,65)66/h1-25,56H,48H2,(H,49,57)(H,58,59,60)(H,61,62,63)(H,64,65,66). The number of fused-ring (bicyclic) bond motifs is 4. The van der Waals surface area contributed by atoms with Crippen LogP contribution in [0.2, 0.25) is 0 Å². The SMILES string of the molecule is Nc1ccc(C(=O)Nc2ccc3c(O)c(N=Nc4ccc(N=Nc5ccc(N=Nc6ccc7cccc(S(=O)(=O)O)c7c6)c6ccc(S(=O)(=O)O)cc56)c5ccc(S(=O)(=O)O)cc45)ccc3c2)cc1. The molecule has 344 valence electrons. The smallest absolute Gasteiger partial charge is 0.295 e. The number of benzene rings is 9. The van der Waals surface area contributed by atoms with Crippen LogP contribution in [0.5, 0.6) is 5.75 Å². The topological polar surface area (TPSA) is 313 Å². The van der Waals surface area contributed by atoms with Gasteiger partial charge in [-0.15, -0.1) is 25.6 Å². The minimum atomic E-state index is -4.71. The minimum Gasteiger partial charge on any atom is -0.505 e. The zero-order valence-corrected chi connectivity index (χ0v) is 37.5. The number of carbonyl (C=O) groups excluding carboxylic acids is 1. The number of azo groups is 3. The van der Waals surface area contributed by atoms with E-state index in [0.29, 0.717) is 43.9 Å². The Morgan fingerprint density at radius 3 is 1.52 bits per heavy atom. The van der Waals surface area contributed by atoms with Crippen LogP contribution in [-0.4, -0.2) is 49.9 Å². The van der Waals surface area contributed by atoms with Crippen LogP contribution in [0.15, 0.2) is 197 Å². The van der Waals surface area contributed by atoms with Crippen molar-refractivity contribution >= 4 is 125 Å². The first kappa shape index (κ1) is 45.8. The molecule has 0 saturated carbocycles. The summed E-state index contributed by atoms with van der Waals surface area (Å²) in [5, 5.41) is 42.6. The quantitative estimate of drug-likeness (QED) is 0.0400. The first-order chi connectivity index (χ1) is 32.8. The maximum Gasteiger partial charge on any atom is 0.295 e. The normalized spacial score (nSPS) is 12.6. The van der Waals surface area contributed by atoms with Crippen LogP contribution >= 0.6 is 0 Å². The van der Waals surface area contributed by atoms with Crippen molar-refractivity contribution in [2.45, 2.75) is 14.7 Å². The number of nitrogen functional groups attached to an aromatic ring is 1. The van der Waals surface area contributed by atoms with E-state index in [0.717, 1.165) is 24.3 Å². The summed E-state index contributed by atoms with van der Waals surface area (Å²) in [7, 11) is -14.0. The molecule has 7 N–H and O–H groups in total. The van der Waals surface area contributed by atoms with Gasteiger partial charge in [0.05, 0.1) is 38.2 Å². The van der Waals surface area contributed by atoms with Crippen molar-refractivity contribution in [3.05, 3.63) is 157 Å². The molecule has 0 aliphatic heterocycles. The maximum atomic E-state index is 12.8. The largest absolute Gasteiger partial charge is 0.505 e. The molecule has 69 heavy (non-hydrogen) atoms. The van der Waals surface area contributed by atoms with Gasteiger partial charge in [0.1, 0.15) is 10.6 Å². The third-order valence-corrected chi connectivity index (χ3v) is 13.4. The average Bonchev–Trinajstić information content (AvgIpc) is 3.31. The molecule has 0 fully saturated rings. The number of phenols is 1. The Balaban J connectivity index is 1.05. The van der Waals surface area contributed by atoms with Gasteiger partial charge in [-0.1, -0.05) is 36.4 Å². The fraction of sp³-hybridized carbons (Fsp3) is 0. The van der Waals surface area contributed by atoms with Crippen LogP contribution in [0.25, 0.3) is 43.1 Å². The second-order valence-corrected chi connectivity index (χ2v) is 19.5. The highest BCUT2D eigenvalue weighted by Crippen LogP contribution is 2.42. The molecule has 9 rings (SSSR count). The number of nitrogens with zero attached hydrogens (tertiary/aromatic N) is 6. The monoisotopic (exact) mass is 980 g/mol. The van der Waals surface area contributed by atoms with E-state index in [9.17, 15) is 48.8 Å². The highest BCUT2D eigenvalue weighted by molar-refractivity contribution is 7.86. The Morgan fingerprint density at radius 2 is 0.957 bits per heavy atom. The van der Waals surface area contributed by atoms with Gasteiger partial charge < -0.3 is 16.2 Å². The predicted molar refractivity (Wildman–Crippen MR) is 258 cm³/mol. The molecule has 9 aromatic carbocycles. The van der Waals surface area contributed by atoms with E-state index in [4.69, 9.17) is 5.73 Å². The second-order valence-electron chi connectivity index (χ2n) is 15.3. The van der Waals surface area contributed by atoms with Crippen molar-refractivity contribution in [3.63, 3.8) is 0 Å². The minimum absolute atomic E-state index is 0.0479. The summed E-state index contributed by atoms with van der Waals surface area (Å²) in [5.41, 5.74) is 7.97. The highest BCUT2D eigenvalue weighted by atomic mass is 32.2. The molecule has 19 nitrogen and oxygen atoms in total. The van der Waals surface area contributed by atoms with E-state index in [-0.39, 0.29) is 66.8 Å². The van der Waals surface area contributed by atoms with Gasteiger partial charge in [0, 0.05) is 49.3 Å². The van der Waals surface area contributed by atoms with Crippen LogP contribution in [0.4, 0.5) is 45.5 Å². The van der Waals surface area contributed by atoms with Gasteiger partial charge in [-0.25, -0.2) is 0 Å². The van der Waals surface area contributed by atoms with Crippen molar-refractivity contribution < 1.29 is 48.8 Å². The number of anilines is 2. The van der Waals surface area contributed by atoms with Gasteiger partial charge in [0.2, 0.25) is 0 Å². The summed E-state index contributed by atoms with van der Waals surface area (Å²) in [5.74, 6) is -0.596. The first-order valence-corrected chi connectivity index (χ1v) is 24.4. The lowest BCUT2D eigenvalue weighted by atomic mass is 10.1. The Hall–Kier alpha value is -8.38. The highest BCUT2D eigenvalue weighted by Gasteiger charge is 2.18. The molecule has 0 aliphatic rings. The summed E-state index contributed by atoms with van der Waals surface area (Å²) in [6, 6.07) is 36.7. The zero-order valence-electron chi connectivity index (χ0n) is 35.1. The van der Waals surface area contributed by atoms with Gasteiger partial charge in [-0.05, 0) is 126 Å². The molecule has 0 aromatic heterocycles. The summed E-state index contributed by atoms with van der Waals surface area (Å²) in [6.07, 6.45) is 0. The van der Waals surface area contributed by atoms with Crippen molar-refractivity contribution in [1.82, 2.24) is 0 Å². The lowest BCUT2D eigenvalue weighted by Crippen LogP contribution is -2.11. The lowest BCUT2D eigenvalue weighted by Gasteiger charge is -2.09. The molecule has 0 bridgehead atoms. The number of carbonyl (C=O) groups is 1. The van der Waals surface area contributed by atoms with Gasteiger partial charge in [-0.2, -0.15) is 30.4 Å². The molecule has 22 heteroatoms. The van der Waals surface area contributed by atoms with Gasteiger partial charge in [0.15, 0.2) is 5.75 Å². The van der Waals surface area contributed by atoms with Gasteiger partial charge in [0.25, 0.3) is 36.3 Å². The fourth-order valence-corrected chi connectivity index (χ4v) is 9.12. The van der Waals surface area contributed by atoms with Crippen molar-refractivity contribution in [2.75, 3.05) is 11.1 Å². The van der Waals surface area contributed by atoms with E-state index < -0.39 is 40.1 Å². The molecule has 0 atom stereocenters. The molecule has 1 amide bonds. The van der Waals surface area contributed by atoms with Gasteiger partial charge in [-0.3, -0.25) is 18.5 Å². The number of rotatable bonds is 11. The Morgan fingerprint density at radius 1 is 0.449 bits per heavy atom. The number of phenolic OH excluding ortho intramolecular Hbond substituents is 1. The molecular formula is C47H32N8O11S3. The number of amides is 1. The van der Waals surface area contributed by atoms with Crippen LogP contribution in [-0.2, 0) is 30.4 Å². The van der Waals surface area contributed by atoms with Crippen LogP contribution < -0.4 is 11.1 Å². The number of hydrogen-bond donors (Lipinski definition) is 6. The van der Waals surface area contributed by atoms with E-state index in [1.54, 1.807) is 66.7 Å². The molecule has 0 unspecified atom stereocenters. The van der Waals surface area contributed by atoms with Gasteiger partial charge >= 0.3 is 0 Å². The van der Waals surface area contributed by atoms with Crippen LogP contribution in [0.3, 0.4) is 0 Å². The van der Waals surface area contributed by atoms with E-state index in [1.165, 1.54) is 60.7 Å². The summed E-state index contributed by atoms with van der Waals surface area (Å²) in [6.45, 7) is 0. The van der Waals surface area contributed by atoms with Crippen molar-refractivity contribution in [1.29, 1.82) is 0 Å². The average molecular weight is 981 g/mol. The fourth-order valence-electron chi connectivity index (χ4n) is 7.41. The maximum absolute atomic E-state index is 12.8. The first-order valence-electron chi connectivity index (χ1n) is 20.1. The van der Waals surface area contributed by atoms with Crippen molar-refractivity contribution in [2.24, 2.45) is 30.7 Å². The lowest BCUT2D eigenvalue weighted by molar-refractivity contribution is 0.102. The van der Waals surface area contributed by atoms with Crippen LogP contribution in [0.1, 0.15) is 10.4 Å². The molecule has 0 saturated heterocycles. The third-order valence-electron chi connectivity index (χ3n) is 10.8. The second kappa shape index (κ2) is 17.7. The Kier molecular flexibility index (Phi) is 11.7. The number of hydrogen-bond acceptors (Lipinski definition) is 15. The molecule has 0 radical (unpaired) electrons. The number of nitrogens with two attached hydrogens (primary N) is 1. The summed E-state index contributed by atoms with van der Waals surface area (Å²) in [4.78, 5) is 11.5. The van der Waals surface area contributed by atoms with Crippen molar-refractivity contribution in [3.8, 4) is 5.75 Å². The molecule has 0 spiro atoms. The predicted octanol–water partition coefficient (Wildman–Crippen LogP) is 11.8. The number of aromatic hydroxyl groups is 1. The molecular weight excluding hydrogens is 949 g/mol. The molecule has 9 aromatic rings. The Bertz CT molecular complexity index is 4080. The zero-order chi connectivity index (χ0) is 48.8. The van der Waals surface area contributed by atoms with E-state index in [1.807, 2.05) is 0 Å². The summed E-state index contributed by atoms with van der Waals surface area (Å²) >= 11 is 0. The van der Waals surface area contributed by atoms with E-state index >= 15 is 0 Å². The van der Waals surface area contributed by atoms with E-state index in [2.05, 4.69) is 36.0 Å². The molecule has 0 heterocycles. The third kappa shape index (κ3) is 9.60.